The summed E-state index contributed by atoms with van der Waals surface area (Å²) < 4.78 is 0. The van der Waals surface area contributed by atoms with Crippen LogP contribution in [0.15, 0.2) is 24.5 Å². The second kappa shape index (κ2) is 3.46. The number of hydrogen-bond acceptors (Lipinski definition) is 3. The van der Waals surface area contributed by atoms with E-state index in [1.165, 1.54) is 6.08 Å². The molecule has 0 aliphatic carbocycles. The monoisotopic (exact) mass is 150 g/mol. The van der Waals surface area contributed by atoms with Crippen molar-refractivity contribution in [1.82, 2.24) is 9.97 Å². The first-order chi connectivity index (χ1) is 5.29. The predicted octanol–water partition coefficient (Wildman–Crippen LogP) is 0.574. The highest BCUT2D eigenvalue weighted by Gasteiger charge is 1.88. The largest absolute Gasteiger partial charge is 0.478 e. The van der Waals surface area contributed by atoms with Crippen molar-refractivity contribution >= 4 is 12.0 Å². The third-order valence-corrected chi connectivity index (χ3v) is 0.961. The smallest absolute Gasteiger partial charge is 0.328 e. The lowest BCUT2D eigenvalue weighted by atomic mass is 10.4. The predicted molar refractivity (Wildman–Crippen MR) is 38.7 cm³/mol. The van der Waals surface area contributed by atoms with Gasteiger partial charge in [0, 0.05) is 18.5 Å². The molecule has 0 bridgehead atoms. The van der Waals surface area contributed by atoms with Gasteiger partial charge in [-0.05, 0) is 12.1 Å². The third kappa shape index (κ3) is 2.57. The lowest BCUT2D eigenvalue weighted by Gasteiger charge is -1.86. The molecule has 0 saturated carbocycles. The standard InChI is InChI=1S/C7H6N2O2/c10-7(11)3-2-6-8-4-1-5-9-6/h1-5H,(H,10,11). The van der Waals surface area contributed by atoms with E-state index >= 15 is 0 Å². The van der Waals surface area contributed by atoms with Crippen LogP contribution in [0.25, 0.3) is 6.08 Å². The van der Waals surface area contributed by atoms with Gasteiger partial charge in [-0.25, -0.2) is 14.8 Å². The number of aliphatic carboxylic acids is 1. The van der Waals surface area contributed by atoms with Crippen molar-refractivity contribution in [2.24, 2.45) is 0 Å². The summed E-state index contributed by atoms with van der Waals surface area (Å²) in [7, 11) is 0. The Morgan fingerprint density at radius 2 is 2.09 bits per heavy atom. The van der Waals surface area contributed by atoms with E-state index in [4.69, 9.17) is 5.11 Å². The average molecular weight is 150 g/mol. The summed E-state index contributed by atoms with van der Waals surface area (Å²) in [6, 6.07) is 1.66. The van der Waals surface area contributed by atoms with Crippen LogP contribution in [0.1, 0.15) is 5.82 Å². The van der Waals surface area contributed by atoms with Gasteiger partial charge in [0.1, 0.15) is 0 Å². The number of hydrogen-bond donors (Lipinski definition) is 1. The molecule has 0 atom stereocenters. The maximum absolute atomic E-state index is 10.0. The normalized spacial score (nSPS) is 10.2. The summed E-state index contributed by atoms with van der Waals surface area (Å²) in [5, 5.41) is 8.23. The zero-order valence-corrected chi connectivity index (χ0v) is 5.64. The van der Waals surface area contributed by atoms with Crippen LogP contribution in [-0.2, 0) is 4.79 Å². The van der Waals surface area contributed by atoms with E-state index in [0.717, 1.165) is 6.08 Å². The summed E-state index contributed by atoms with van der Waals surface area (Å²) in [5.41, 5.74) is 0. The third-order valence-electron chi connectivity index (χ3n) is 0.961. The van der Waals surface area contributed by atoms with Crippen molar-refractivity contribution < 1.29 is 9.90 Å². The molecule has 1 aromatic rings. The van der Waals surface area contributed by atoms with E-state index in [9.17, 15) is 4.79 Å². The first-order valence-corrected chi connectivity index (χ1v) is 2.97. The Morgan fingerprint density at radius 3 is 2.64 bits per heavy atom. The van der Waals surface area contributed by atoms with Gasteiger partial charge in [-0.1, -0.05) is 0 Å². The van der Waals surface area contributed by atoms with Crippen LogP contribution in [0.4, 0.5) is 0 Å². The van der Waals surface area contributed by atoms with Gasteiger partial charge in [0.05, 0.1) is 0 Å². The number of nitrogens with zero attached hydrogens (tertiary/aromatic N) is 2. The Labute approximate surface area is 63.2 Å². The molecule has 1 heterocycles. The molecule has 0 aliphatic heterocycles. The van der Waals surface area contributed by atoms with Gasteiger partial charge in [0.15, 0.2) is 5.82 Å². The van der Waals surface area contributed by atoms with Gasteiger partial charge in [0.25, 0.3) is 0 Å². The number of aromatic nitrogens is 2. The van der Waals surface area contributed by atoms with Gasteiger partial charge < -0.3 is 5.11 Å². The van der Waals surface area contributed by atoms with Gasteiger partial charge in [0.2, 0.25) is 0 Å². The Hall–Kier alpha value is -1.71. The first-order valence-electron chi connectivity index (χ1n) is 2.97. The van der Waals surface area contributed by atoms with E-state index < -0.39 is 5.97 Å². The van der Waals surface area contributed by atoms with Crippen LogP contribution in [0.2, 0.25) is 0 Å². The molecular formula is C7H6N2O2. The van der Waals surface area contributed by atoms with Crippen molar-refractivity contribution in [1.29, 1.82) is 0 Å². The summed E-state index contributed by atoms with van der Waals surface area (Å²) in [6.07, 6.45) is 5.43. The van der Waals surface area contributed by atoms with Crippen molar-refractivity contribution in [2.75, 3.05) is 0 Å². The minimum absolute atomic E-state index is 0.398. The van der Waals surface area contributed by atoms with Gasteiger partial charge in [-0.3, -0.25) is 0 Å². The summed E-state index contributed by atoms with van der Waals surface area (Å²) >= 11 is 0. The number of carboxylic acid groups (broad SMARTS) is 1. The topological polar surface area (TPSA) is 63.1 Å². The van der Waals surface area contributed by atoms with Crippen LogP contribution in [-0.4, -0.2) is 21.0 Å². The maximum Gasteiger partial charge on any atom is 0.328 e. The second-order valence-electron chi connectivity index (χ2n) is 1.78. The van der Waals surface area contributed by atoms with Crippen LogP contribution >= 0.6 is 0 Å². The Morgan fingerprint density at radius 1 is 1.45 bits per heavy atom. The fourth-order valence-corrected chi connectivity index (χ4v) is 0.543. The molecular weight excluding hydrogens is 144 g/mol. The quantitative estimate of drug-likeness (QED) is 0.626. The van der Waals surface area contributed by atoms with Crippen LogP contribution in [0.5, 0.6) is 0 Å². The molecule has 56 valence electrons. The first kappa shape index (κ1) is 7.40. The minimum atomic E-state index is -1.00. The fourth-order valence-electron chi connectivity index (χ4n) is 0.543. The van der Waals surface area contributed by atoms with Gasteiger partial charge >= 0.3 is 5.97 Å². The molecule has 4 nitrogen and oxygen atoms in total. The number of carboxylic acids is 1. The lowest BCUT2D eigenvalue weighted by molar-refractivity contribution is -0.131. The van der Waals surface area contributed by atoms with Crippen molar-refractivity contribution in [3.63, 3.8) is 0 Å². The molecule has 0 fully saturated rings. The van der Waals surface area contributed by atoms with E-state index in [2.05, 4.69) is 9.97 Å². The molecule has 0 aromatic carbocycles. The minimum Gasteiger partial charge on any atom is -0.478 e. The number of rotatable bonds is 2. The van der Waals surface area contributed by atoms with Crippen molar-refractivity contribution in [2.45, 2.75) is 0 Å². The summed E-state index contributed by atoms with van der Waals surface area (Å²) in [4.78, 5) is 17.6. The Bertz CT molecular complexity index is 269. The molecule has 0 amide bonds. The molecule has 0 radical (unpaired) electrons. The molecule has 11 heavy (non-hydrogen) atoms. The summed E-state index contributed by atoms with van der Waals surface area (Å²) in [6.45, 7) is 0. The highest BCUT2D eigenvalue weighted by atomic mass is 16.4. The molecule has 1 rings (SSSR count). The van der Waals surface area contributed by atoms with Crippen LogP contribution in [0, 0.1) is 0 Å². The van der Waals surface area contributed by atoms with Crippen LogP contribution < -0.4 is 0 Å². The molecule has 0 aliphatic rings. The molecule has 1 N–H and O–H groups in total. The highest BCUT2D eigenvalue weighted by molar-refractivity contribution is 5.84. The van der Waals surface area contributed by atoms with Crippen molar-refractivity contribution in [3.8, 4) is 0 Å². The van der Waals surface area contributed by atoms with Gasteiger partial charge in [-0.2, -0.15) is 0 Å². The number of carbonyl (C=O) groups is 1. The summed E-state index contributed by atoms with van der Waals surface area (Å²) in [5.74, 6) is -0.604. The van der Waals surface area contributed by atoms with E-state index in [-0.39, 0.29) is 0 Å². The lowest BCUT2D eigenvalue weighted by Crippen LogP contribution is -1.88. The van der Waals surface area contributed by atoms with Crippen molar-refractivity contribution in [3.05, 3.63) is 30.4 Å². The zero-order valence-electron chi connectivity index (χ0n) is 5.64. The average Bonchev–Trinajstić information content (AvgIpc) is 2.03. The molecule has 0 saturated heterocycles. The van der Waals surface area contributed by atoms with E-state index in [1.54, 1.807) is 18.5 Å². The molecule has 0 unspecified atom stereocenters. The highest BCUT2D eigenvalue weighted by Crippen LogP contribution is 1.89. The SMILES string of the molecule is O=C(O)C=Cc1ncccn1. The van der Waals surface area contributed by atoms with Crippen LogP contribution in [0.3, 0.4) is 0 Å². The van der Waals surface area contributed by atoms with Gasteiger partial charge in [-0.15, -0.1) is 0 Å². The zero-order chi connectivity index (χ0) is 8.10. The van der Waals surface area contributed by atoms with E-state index in [1.807, 2.05) is 0 Å². The fraction of sp³-hybridized carbons (Fsp3) is 0. The molecule has 4 heteroatoms. The van der Waals surface area contributed by atoms with E-state index in [0.29, 0.717) is 5.82 Å². The Balaban J connectivity index is 2.72. The second-order valence-corrected chi connectivity index (χ2v) is 1.78. The Kier molecular flexibility index (Phi) is 2.32. The molecule has 0 spiro atoms. The molecule has 1 aromatic heterocycles. The maximum atomic E-state index is 10.0.